The molecule has 5 nitrogen and oxygen atoms in total. The Balaban J connectivity index is 1.62. The van der Waals surface area contributed by atoms with Gasteiger partial charge < -0.3 is 10.2 Å². The Kier molecular flexibility index (Phi) is 5.78. The van der Waals surface area contributed by atoms with E-state index in [1.807, 2.05) is 43.9 Å². The van der Waals surface area contributed by atoms with Crippen molar-refractivity contribution in [3.8, 4) is 0 Å². The Bertz CT molecular complexity index is 852. The fourth-order valence-corrected chi connectivity index (χ4v) is 3.88. The van der Waals surface area contributed by atoms with Crippen molar-refractivity contribution < 1.29 is 9.59 Å². The van der Waals surface area contributed by atoms with Gasteiger partial charge >= 0.3 is 0 Å². The molecule has 27 heavy (non-hydrogen) atoms. The van der Waals surface area contributed by atoms with Crippen LogP contribution in [0, 0.1) is 19.8 Å². The van der Waals surface area contributed by atoms with Crippen molar-refractivity contribution in [2.75, 3.05) is 13.1 Å². The highest BCUT2D eigenvalue weighted by Crippen LogP contribution is 2.23. The molecule has 0 saturated carbocycles. The molecule has 2 amide bonds. The molecule has 1 aromatic carbocycles. The van der Waals surface area contributed by atoms with Crippen molar-refractivity contribution >= 4 is 22.7 Å². The Hall–Kier alpha value is -2.43. The van der Waals surface area contributed by atoms with Crippen LogP contribution in [0.25, 0.3) is 10.9 Å². The second kappa shape index (κ2) is 8.07. The maximum atomic E-state index is 12.6. The molecule has 0 bridgehead atoms. The number of likely N-dealkylation sites (tertiary alicyclic amines) is 1. The molecule has 1 saturated heterocycles. The van der Waals surface area contributed by atoms with Crippen molar-refractivity contribution in [3.63, 3.8) is 0 Å². The number of piperidine rings is 1. The topological polar surface area (TPSA) is 62.3 Å². The number of pyridine rings is 1. The number of fused-ring (bicyclic) bond motifs is 1. The zero-order chi connectivity index (χ0) is 19.6. The minimum atomic E-state index is 0.0301. The summed E-state index contributed by atoms with van der Waals surface area (Å²) in [5, 5.41) is 4.26. The van der Waals surface area contributed by atoms with Crippen LogP contribution in [0.4, 0.5) is 0 Å². The van der Waals surface area contributed by atoms with Crippen LogP contribution in [-0.2, 0) is 16.0 Å². The molecule has 1 fully saturated rings. The molecule has 1 aliphatic rings. The summed E-state index contributed by atoms with van der Waals surface area (Å²) < 4.78 is 0. The highest BCUT2D eigenvalue weighted by Gasteiger charge is 2.25. The van der Waals surface area contributed by atoms with Crippen LogP contribution in [0.3, 0.4) is 0 Å². The third kappa shape index (κ3) is 4.29. The summed E-state index contributed by atoms with van der Waals surface area (Å²) in [4.78, 5) is 31.3. The van der Waals surface area contributed by atoms with Crippen LogP contribution in [0.1, 0.15) is 43.5 Å². The number of para-hydroxylation sites is 1. The van der Waals surface area contributed by atoms with E-state index in [0.717, 1.165) is 53.7 Å². The van der Waals surface area contributed by atoms with Gasteiger partial charge in [0.25, 0.3) is 0 Å². The van der Waals surface area contributed by atoms with Crippen molar-refractivity contribution in [1.82, 2.24) is 15.2 Å². The lowest BCUT2D eigenvalue weighted by atomic mass is 9.98. The number of nitrogens with one attached hydrogen (secondary N) is 1. The first-order chi connectivity index (χ1) is 12.9. The predicted molar refractivity (Wildman–Crippen MR) is 108 cm³/mol. The molecular weight excluding hydrogens is 338 g/mol. The maximum Gasteiger partial charge on any atom is 0.225 e. The lowest BCUT2D eigenvalue weighted by Gasteiger charge is -2.33. The molecule has 0 atom stereocenters. The largest absolute Gasteiger partial charge is 0.353 e. The van der Waals surface area contributed by atoms with Crippen LogP contribution >= 0.6 is 0 Å². The summed E-state index contributed by atoms with van der Waals surface area (Å²) in [7, 11) is 0. The number of carbonyl (C=O) groups is 2. The average molecular weight is 367 g/mol. The number of rotatable bonds is 4. The number of hydrogen-bond donors (Lipinski definition) is 1. The van der Waals surface area contributed by atoms with Crippen LogP contribution in [-0.4, -0.2) is 40.8 Å². The van der Waals surface area contributed by atoms with Gasteiger partial charge in [-0.3, -0.25) is 14.6 Å². The number of benzene rings is 1. The quantitative estimate of drug-likeness (QED) is 0.903. The Morgan fingerprint density at radius 1 is 1.19 bits per heavy atom. The third-order valence-corrected chi connectivity index (χ3v) is 5.49. The molecule has 2 aromatic rings. The highest BCUT2D eigenvalue weighted by atomic mass is 16.2. The Morgan fingerprint density at radius 3 is 2.52 bits per heavy atom. The molecule has 1 aromatic heterocycles. The van der Waals surface area contributed by atoms with E-state index in [4.69, 9.17) is 0 Å². The Morgan fingerprint density at radius 2 is 1.85 bits per heavy atom. The molecule has 1 N–H and O–H groups in total. The summed E-state index contributed by atoms with van der Waals surface area (Å²) in [6, 6.07) is 8.19. The van der Waals surface area contributed by atoms with Gasteiger partial charge in [0.05, 0.1) is 11.9 Å². The fraction of sp³-hybridized carbons (Fsp3) is 0.500. The minimum Gasteiger partial charge on any atom is -0.353 e. The molecule has 144 valence electrons. The first-order valence-corrected chi connectivity index (χ1v) is 9.79. The summed E-state index contributed by atoms with van der Waals surface area (Å²) in [5.74, 6) is 0.266. The van der Waals surface area contributed by atoms with Gasteiger partial charge in [-0.1, -0.05) is 32.0 Å². The zero-order valence-electron chi connectivity index (χ0n) is 16.7. The zero-order valence-corrected chi connectivity index (χ0v) is 16.7. The molecule has 0 spiro atoms. The van der Waals surface area contributed by atoms with Crippen molar-refractivity contribution in [2.45, 2.75) is 53.0 Å². The van der Waals surface area contributed by atoms with Gasteiger partial charge in [-0.25, -0.2) is 0 Å². The summed E-state index contributed by atoms with van der Waals surface area (Å²) in [6.45, 7) is 9.33. The number of amides is 2. The second-order valence-electron chi connectivity index (χ2n) is 7.82. The first kappa shape index (κ1) is 19.3. The van der Waals surface area contributed by atoms with Gasteiger partial charge in [-0.15, -0.1) is 0 Å². The lowest BCUT2D eigenvalue weighted by molar-refractivity contribution is -0.135. The molecule has 1 aliphatic heterocycles. The normalized spacial score (nSPS) is 15.4. The van der Waals surface area contributed by atoms with E-state index in [1.165, 1.54) is 0 Å². The van der Waals surface area contributed by atoms with Gasteiger partial charge in [0.15, 0.2) is 0 Å². The molecule has 5 heteroatoms. The smallest absolute Gasteiger partial charge is 0.225 e. The van der Waals surface area contributed by atoms with Gasteiger partial charge in [0.1, 0.15) is 0 Å². The van der Waals surface area contributed by atoms with E-state index in [-0.39, 0.29) is 23.8 Å². The van der Waals surface area contributed by atoms with Crippen molar-refractivity contribution in [1.29, 1.82) is 0 Å². The van der Waals surface area contributed by atoms with Crippen molar-refractivity contribution in [3.05, 3.63) is 41.1 Å². The Labute approximate surface area is 161 Å². The van der Waals surface area contributed by atoms with Gasteiger partial charge in [-0.05, 0) is 43.9 Å². The molecule has 2 heterocycles. The minimum absolute atomic E-state index is 0.0301. The number of aromatic nitrogens is 1. The van der Waals surface area contributed by atoms with Crippen LogP contribution < -0.4 is 5.32 Å². The molecule has 0 radical (unpaired) electrons. The maximum absolute atomic E-state index is 12.6. The van der Waals surface area contributed by atoms with E-state index >= 15 is 0 Å². The number of carbonyl (C=O) groups excluding carboxylic acids is 2. The number of aryl methyl sites for hydroxylation is 2. The van der Waals surface area contributed by atoms with E-state index in [0.29, 0.717) is 6.42 Å². The third-order valence-electron chi connectivity index (χ3n) is 5.49. The van der Waals surface area contributed by atoms with Crippen LogP contribution in [0.5, 0.6) is 0 Å². The van der Waals surface area contributed by atoms with Crippen molar-refractivity contribution in [2.24, 2.45) is 5.92 Å². The second-order valence-corrected chi connectivity index (χ2v) is 7.82. The number of nitrogens with zero attached hydrogens (tertiary/aromatic N) is 2. The van der Waals surface area contributed by atoms with Crippen LogP contribution in [0.2, 0.25) is 0 Å². The van der Waals surface area contributed by atoms with Crippen LogP contribution in [0.15, 0.2) is 24.3 Å². The van der Waals surface area contributed by atoms with E-state index < -0.39 is 0 Å². The van der Waals surface area contributed by atoms with E-state index in [9.17, 15) is 9.59 Å². The molecule has 3 rings (SSSR count). The SMILES string of the molecule is Cc1nc2ccccc2c(C)c1CC(=O)NC1CCN(C(=O)C(C)C)CC1. The average Bonchev–Trinajstić information content (AvgIpc) is 2.65. The standard InChI is InChI=1S/C22H29N3O2/c1-14(2)22(27)25-11-9-17(10-12-25)24-21(26)13-19-15(3)18-7-5-6-8-20(18)23-16(19)4/h5-8,14,17H,9-13H2,1-4H3,(H,24,26). The lowest BCUT2D eigenvalue weighted by Crippen LogP contribution is -2.47. The summed E-state index contributed by atoms with van der Waals surface area (Å²) in [5.41, 5.74) is 4.03. The highest BCUT2D eigenvalue weighted by molar-refractivity contribution is 5.86. The first-order valence-electron chi connectivity index (χ1n) is 9.79. The van der Waals surface area contributed by atoms with Gasteiger partial charge in [0.2, 0.25) is 11.8 Å². The number of hydrogen-bond acceptors (Lipinski definition) is 3. The predicted octanol–water partition coefficient (Wildman–Crippen LogP) is 3.16. The molecule has 0 aliphatic carbocycles. The molecule has 0 unspecified atom stereocenters. The van der Waals surface area contributed by atoms with E-state index in [2.05, 4.69) is 23.3 Å². The van der Waals surface area contributed by atoms with E-state index in [1.54, 1.807) is 0 Å². The summed E-state index contributed by atoms with van der Waals surface area (Å²) in [6.07, 6.45) is 1.98. The molecular formula is C22H29N3O2. The van der Waals surface area contributed by atoms with Gasteiger partial charge in [0, 0.05) is 36.1 Å². The fourth-order valence-electron chi connectivity index (χ4n) is 3.88. The summed E-state index contributed by atoms with van der Waals surface area (Å²) >= 11 is 0. The monoisotopic (exact) mass is 367 g/mol. The van der Waals surface area contributed by atoms with Gasteiger partial charge in [-0.2, -0.15) is 0 Å².